The number of benzene rings is 2. The molecule has 4 aromatic rings. The van der Waals surface area contributed by atoms with Crippen LogP contribution in [-0.4, -0.2) is 97.7 Å². The summed E-state index contributed by atoms with van der Waals surface area (Å²) in [6.45, 7) is 6.27. The van der Waals surface area contributed by atoms with E-state index in [2.05, 4.69) is 94.2 Å². The van der Waals surface area contributed by atoms with Crippen molar-refractivity contribution in [3.05, 3.63) is 91.2 Å². The van der Waals surface area contributed by atoms with Crippen molar-refractivity contribution < 1.29 is 69.2 Å². The van der Waals surface area contributed by atoms with Gasteiger partial charge in [-0.1, -0.05) is 29.8 Å². The SMILES string of the molecule is Clc1cnc2nc1Nc1cc(cc(CN3CCN(Cc4cc(Br)cs4)CC3)c1)CCc1cccc(c1)N2.O=C(O)C(F)(F)F.O=C(O)C(F)(F)F.O=C(O)C(F)(F)F. The van der Waals surface area contributed by atoms with Gasteiger partial charge in [0, 0.05) is 65.4 Å². The number of carboxylic acids is 3. The van der Waals surface area contributed by atoms with Crippen LogP contribution in [0.25, 0.3) is 0 Å². The minimum Gasteiger partial charge on any atom is -0.475 e. The van der Waals surface area contributed by atoms with Gasteiger partial charge in [0.05, 0.1) is 6.20 Å². The molecule has 4 heterocycles. The second kappa shape index (κ2) is 20.8. The largest absolute Gasteiger partial charge is 0.490 e. The lowest BCUT2D eigenvalue weighted by Gasteiger charge is -2.34. The number of aryl methyl sites for hydroxylation is 2. The summed E-state index contributed by atoms with van der Waals surface area (Å²) in [4.78, 5) is 42.2. The molecule has 5 N–H and O–H groups in total. The second-order valence-electron chi connectivity index (χ2n) is 12.1. The van der Waals surface area contributed by atoms with Crippen molar-refractivity contribution in [1.82, 2.24) is 19.8 Å². The minimum atomic E-state index is -5.08. The molecule has 58 heavy (non-hydrogen) atoms. The minimum absolute atomic E-state index is 0.495. The van der Waals surface area contributed by atoms with Crippen LogP contribution in [0.4, 0.5) is 62.7 Å². The third kappa shape index (κ3) is 16.6. The van der Waals surface area contributed by atoms with Crippen molar-refractivity contribution in [2.45, 2.75) is 44.5 Å². The van der Waals surface area contributed by atoms with Crippen LogP contribution in [0.3, 0.4) is 0 Å². The Morgan fingerprint density at radius 2 is 1.26 bits per heavy atom. The van der Waals surface area contributed by atoms with E-state index in [1.54, 1.807) is 6.20 Å². The van der Waals surface area contributed by atoms with Gasteiger partial charge >= 0.3 is 36.4 Å². The number of nitrogens with one attached hydrogen (secondary N) is 2. The monoisotopic (exact) mass is 936 g/mol. The van der Waals surface area contributed by atoms with E-state index in [0.29, 0.717) is 16.8 Å². The van der Waals surface area contributed by atoms with Gasteiger partial charge in [-0.05, 0) is 75.8 Å². The van der Waals surface area contributed by atoms with E-state index >= 15 is 0 Å². The number of hydrogen-bond donors (Lipinski definition) is 5. The summed E-state index contributed by atoms with van der Waals surface area (Å²) in [7, 11) is 0. The van der Waals surface area contributed by atoms with E-state index in [9.17, 15) is 39.5 Å². The zero-order chi connectivity index (χ0) is 43.4. The summed E-state index contributed by atoms with van der Waals surface area (Å²) >= 11 is 11.9. The van der Waals surface area contributed by atoms with E-state index in [1.165, 1.54) is 26.0 Å². The first-order valence-corrected chi connectivity index (χ1v) is 18.3. The number of carboxylic acid groups (broad SMARTS) is 3. The van der Waals surface area contributed by atoms with Crippen LogP contribution in [0, 0.1) is 0 Å². The van der Waals surface area contributed by atoms with Gasteiger partial charge in [-0.2, -0.15) is 44.5 Å². The number of carbonyl (C=O) groups is 3. The maximum Gasteiger partial charge on any atom is 0.490 e. The molecule has 0 atom stereocenters. The van der Waals surface area contributed by atoms with Crippen LogP contribution < -0.4 is 10.6 Å². The summed E-state index contributed by atoms with van der Waals surface area (Å²) in [6, 6.07) is 17.5. The van der Waals surface area contributed by atoms with E-state index in [-0.39, 0.29) is 0 Å². The normalized spacial score (nSPS) is 14.4. The van der Waals surface area contributed by atoms with Gasteiger partial charge in [0.2, 0.25) is 5.95 Å². The fourth-order valence-electron chi connectivity index (χ4n) is 4.97. The van der Waals surface area contributed by atoms with Gasteiger partial charge in [0.25, 0.3) is 0 Å². The van der Waals surface area contributed by atoms with E-state index in [1.807, 2.05) is 17.4 Å². The molecule has 316 valence electrons. The summed E-state index contributed by atoms with van der Waals surface area (Å²) in [6.07, 6.45) is -11.7. The van der Waals surface area contributed by atoms with E-state index < -0.39 is 36.4 Å². The summed E-state index contributed by atoms with van der Waals surface area (Å²) in [5, 5.41) is 30.8. The molecule has 0 amide bonds. The van der Waals surface area contributed by atoms with Crippen LogP contribution >= 0.6 is 38.9 Å². The first-order valence-electron chi connectivity index (χ1n) is 16.3. The second-order valence-corrected chi connectivity index (χ2v) is 14.4. The Morgan fingerprint density at radius 1 is 0.741 bits per heavy atom. The number of alkyl halides is 9. The van der Waals surface area contributed by atoms with Crippen LogP contribution in [0.15, 0.2) is 64.6 Å². The first-order chi connectivity index (χ1) is 26.9. The third-order valence-electron chi connectivity index (χ3n) is 7.54. The van der Waals surface area contributed by atoms with Gasteiger partial charge < -0.3 is 26.0 Å². The highest BCUT2D eigenvalue weighted by Gasteiger charge is 2.39. The number of thiophene rings is 1. The number of halogens is 11. The van der Waals surface area contributed by atoms with Crippen molar-refractivity contribution in [3.8, 4) is 0 Å². The molecular formula is C34H31BrClF9N6O6S. The maximum atomic E-state index is 10.6. The summed E-state index contributed by atoms with van der Waals surface area (Å²) in [5.41, 5.74) is 5.88. The van der Waals surface area contributed by atoms with Gasteiger partial charge in [-0.15, -0.1) is 11.3 Å². The Balaban J connectivity index is 0.000000353. The van der Waals surface area contributed by atoms with Gasteiger partial charge in [-0.3, -0.25) is 9.80 Å². The Hall–Kier alpha value is -4.71. The number of piperazine rings is 1. The van der Waals surface area contributed by atoms with Crippen molar-refractivity contribution in [1.29, 1.82) is 0 Å². The fourth-order valence-corrected chi connectivity index (χ4v) is 6.60. The molecule has 2 aromatic heterocycles. The number of hydrogen-bond acceptors (Lipinski definition) is 10. The number of nitrogens with zero attached hydrogens (tertiary/aromatic N) is 4. The topological polar surface area (TPSA) is 168 Å². The smallest absolute Gasteiger partial charge is 0.475 e. The Labute approximate surface area is 340 Å². The lowest BCUT2D eigenvalue weighted by Crippen LogP contribution is -2.45. The molecule has 0 spiro atoms. The number of aromatic nitrogens is 2. The predicted molar refractivity (Wildman–Crippen MR) is 198 cm³/mol. The van der Waals surface area contributed by atoms with E-state index in [0.717, 1.165) is 63.5 Å². The molecule has 0 aliphatic carbocycles. The molecule has 6 bridgehead atoms. The number of anilines is 4. The molecule has 1 fully saturated rings. The summed E-state index contributed by atoms with van der Waals surface area (Å²) < 4.78 is 96.4. The average molecular weight is 938 g/mol. The molecule has 0 saturated carbocycles. The maximum absolute atomic E-state index is 10.6. The lowest BCUT2D eigenvalue weighted by atomic mass is 10.0. The molecule has 2 aliphatic heterocycles. The summed E-state index contributed by atoms with van der Waals surface area (Å²) in [5.74, 6) is -7.15. The number of fused-ring (bicyclic) bond motifs is 6. The van der Waals surface area contributed by atoms with Crippen LogP contribution in [-0.2, 0) is 40.3 Å². The van der Waals surface area contributed by atoms with E-state index in [4.69, 9.17) is 41.3 Å². The van der Waals surface area contributed by atoms with Crippen LogP contribution in [0.5, 0.6) is 0 Å². The average Bonchev–Trinajstić information content (AvgIpc) is 3.53. The fraction of sp³-hybridized carbons (Fsp3) is 0.324. The molecule has 24 heteroatoms. The van der Waals surface area contributed by atoms with Crippen molar-refractivity contribution >= 4 is 79.9 Å². The zero-order valence-electron chi connectivity index (χ0n) is 29.4. The zero-order valence-corrected chi connectivity index (χ0v) is 32.5. The molecule has 2 aliphatic rings. The van der Waals surface area contributed by atoms with Crippen molar-refractivity contribution in [2.75, 3.05) is 36.8 Å². The molecule has 1 saturated heterocycles. The highest BCUT2D eigenvalue weighted by Crippen LogP contribution is 2.29. The molecule has 6 rings (SSSR count). The third-order valence-corrected chi connectivity index (χ3v) is 9.50. The highest BCUT2D eigenvalue weighted by atomic mass is 79.9. The Bertz CT molecular complexity index is 1970. The Morgan fingerprint density at radius 3 is 1.78 bits per heavy atom. The quantitative estimate of drug-likeness (QED) is 0.124. The lowest BCUT2D eigenvalue weighted by molar-refractivity contribution is -0.193. The molecule has 0 unspecified atom stereocenters. The molecule has 0 radical (unpaired) electrons. The molecule has 12 nitrogen and oxygen atoms in total. The molecular weight excluding hydrogens is 907 g/mol. The highest BCUT2D eigenvalue weighted by molar-refractivity contribution is 9.10. The van der Waals surface area contributed by atoms with Gasteiger partial charge in [-0.25, -0.2) is 19.4 Å². The van der Waals surface area contributed by atoms with Crippen LogP contribution in [0.2, 0.25) is 5.02 Å². The van der Waals surface area contributed by atoms with Gasteiger partial charge in [0.1, 0.15) is 5.02 Å². The first kappa shape index (κ1) is 47.7. The molecule has 2 aromatic carbocycles. The standard InChI is InChI=1S/C28H28BrClN6S.3C2HF3O2/c29-22-14-25(37-18-22)17-36-8-6-35(7-9-36)16-21-10-20-5-4-19-2-1-3-23(11-19)33-28-31-15-26(30)27(34-28)32-24(12-20)13-21;3*3-2(4,5)1(6)7/h1-3,10-15,18H,4-9,16-17H2,(H2,31,32,33,34);3*(H,6,7). The number of rotatable bonds is 4. The van der Waals surface area contributed by atoms with Crippen molar-refractivity contribution in [2.24, 2.45) is 0 Å². The van der Waals surface area contributed by atoms with Crippen molar-refractivity contribution in [3.63, 3.8) is 0 Å². The predicted octanol–water partition coefficient (Wildman–Crippen LogP) is 8.76. The Kier molecular flexibility index (Phi) is 17.1. The van der Waals surface area contributed by atoms with Gasteiger partial charge in [0.15, 0.2) is 5.82 Å². The number of aliphatic carboxylic acids is 3. The van der Waals surface area contributed by atoms with Crippen LogP contribution in [0.1, 0.15) is 21.6 Å².